The average Bonchev–Trinajstić information content (AvgIpc) is 2.93. The number of hydrogen-bond donors (Lipinski definition) is 1. The van der Waals surface area contributed by atoms with Crippen molar-refractivity contribution in [2.45, 2.75) is 13.5 Å². The standard InChI is InChI=1S/C16H17NO3/c1-2-17-10-12-4-3-5-13(8-12)20-14-6-7-15-16(9-14)19-11-18-15/h3-9,17H,2,10-11H2,1H3. The van der Waals surface area contributed by atoms with Crippen LogP contribution in [-0.4, -0.2) is 13.3 Å². The molecule has 1 N–H and O–H groups in total. The van der Waals surface area contributed by atoms with E-state index in [0.29, 0.717) is 0 Å². The highest BCUT2D eigenvalue weighted by Crippen LogP contribution is 2.36. The summed E-state index contributed by atoms with van der Waals surface area (Å²) in [5.41, 5.74) is 1.20. The van der Waals surface area contributed by atoms with Gasteiger partial charge in [-0.1, -0.05) is 19.1 Å². The zero-order valence-corrected chi connectivity index (χ0v) is 11.4. The summed E-state index contributed by atoms with van der Waals surface area (Å²) in [6, 6.07) is 13.6. The summed E-state index contributed by atoms with van der Waals surface area (Å²) >= 11 is 0. The van der Waals surface area contributed by atoms with Crippen molar-refractivity contribution in [3.63, 3.8) is 0 Å². The third kappa shape index (κ3) is 2.86. The highest BCUT2D eigenvalue weighted by atomic mass is 16.7. The molecular formula is C16H17NO3. The van der Waals surface area contributed by atoms with Crippen LogP contribution in [0.1, 0.15) is 12.5 Å². The fraction of sp³-hybridized carbons (Fsp3) is 0.250. The van der Waals surface area contributed by atoms with Gasteiger partial charge >= 0.3 is 0 Å². The molecule has 4 heteroatoms. The second-order valence-corrected chi connectivity index (χ2v) is 4.54. The van der Waals surface area contributed by atoms with Gasteiger partial charge in [-0.05, 0) is 36.4 Å². The third-order valence-corrected chi connectivity index (χ3v) is 3.06. The number of ether oxygens (including phenoxy) is 3. The molecule has 2 aromatic carbocycles. The van der Waals surface area contributed by atoms with Crippen molar-refractivity contribution in [2.75, 3.05) is 13.3 Å². The molecule has 0 spiro atoms. The molecule has 4 nitrogen and oxygen atoms in total. The Morgan fingerprint density at radius 1 is 1.05 bits per heavy atom. The minimum absolute atomic E-state index is 0.275. The van der Waals surface area contributed by atoms with Crippen molar-refractivity contribution in [3.8, 4) is 23.0 Å². The lowest BCUT2D eigenvalue weighted by Crippen LogP contribution is -2.11. The molecule has 2 aromatic rings. The summed E-state index contributed by atoms with van der Waals surface area (Å²) < 4.78 is 16.5. The van der Waals surface area contributed by atoms with Crippen LogP contribution in [0.4, 0.5) is 0 Å². The lowest BCUT2D eigenvalue weighted by molar-refractivity contribution is 0.174. The molecule has 0 bridgehead atoms. The summed E-state index contributed by atoms with van der Waals surface area (Å²) in [4.78, 5) is 0. The molecule has 0 amide bonds. The zero-order valence-electron chi connectivity index (χ0n) is 11.4. The topological polar surface area (TPSA) is 39.7 Å². The van der Waals surface area contributed by atoms with E-state index >= 15 is 0 Å². The predicted molar refractivity (Wildman–Crippen MR) is 76.5 cm³/mol. The fourth-order valence-corrected chi connectivity index (χ4v) is 2.06. The largest absolute Gasteiger partial charge is 0.457 e. The SMILES string of the molecule is CCNCc1cccc(Oc2ccc3c(c2)OCO3)c1. The van der Waals surface area contributed by atoms with Crippen molar-refractivity contribution >= 4 is 0 Å². The molecule has 0 aliphatic carbocycles. The van der Waals surface area contributed by atoms with E-state index in [0.717, 1.165) is 36.1 Å². The maximum absolute atomic E-state index is 5.86. The van der Waals surface area contributed by atoms with E-state index < -0.39 is 0 Å². The molecule has 0 unspecified atom stereocenters. The van der Waals surface area contributed by atoms with E-state index in [1.165, 1.54) is 5.56 Å². The number of nitrogens with one attached hydrogen (secondary N) is 1. The normalized spacial score (nSPS) is 12.4. The minimum atomic E-state index is 0.275. The minimum Gasteiger partial charge on any atom is -0.457 e. The Kier molecular flexibility index (Phi) is 3.74. The molecule has 104 valence electrons. The van der Waals surface area contributed by atoms with Gasteiger partial charge in [0.2, 0.25) is 6.79 Å². The summed E-state index contributed by atoms with van der Waals surface area (Å²) in [5, 5.41) is 3.30. The monoisotopic (exact) mass is 271 g/mol. The number of benzene rings is 2. The maximum Gasteiger partial charge on any atom is 0.231 e. The van der Waals surface area contributed by atoms with Crippen molar-refractivity contribution in [1.82, 2.24) is 5.32 Å². The average molecular weight is 271 g/mol. The first kappa shape index (κ1) is 12.8. The fourth-order valence-electron chi connectivity index (χ4n) is 2.06. The molecule has 0 saturated heterocycles. The molecule has 1 aliphatic rings. The summed E-state index contributed by atoms with van der Waals surface area (Å²) in [7, 11) is 0. The molecule has 0 saturated carbocycles. The first-order chi connectivity index (χ1) is 9.85. The first-order valence-electron chi connectivity index (χ1n) is 6.72. The van der Waals surface area contributed by atoms with Gasteiger partial charge in [0.1, 0.15) is 11.5 Å². The van der Waals surface area contributed by atoms with E-state index in [1.807, 2.05) is 36.4 Å². The van der Waals surface area contributed by atoms with Crippen molar-refractivity contribution < 1.29 is 14.2 Å². The van der Waals surface area contributed by atoms with Crippen molar-refractivity contribution in [3.05, 3.63) is 48.0 Å². The molecule has 0 radical (unpaired) electrons. The molecular weight excluding hydrogens is 254 g/mol. The molecule has 0 aromatic heterocycles. The highest BCUT2D eigenvalue weighted by Gasteiger charge is 2.13. The number of rotatable bonds is 5. The molecule has 3 rings (SSSR count). The van der Waals surface area contributed by atoms with Crippen LogP contribution in [0.3, 0.4) is 0 Å². The first-order valence-corrected chi connectivity index (χ1v) is 6.72. The third-order valence-electron chi connectivity index (χ3n) is 3.06. The van der Waals surface area contributed by atoms with Crippen LogP contribution in [0.15, 0.2) is 42.5 Å². The van der Waals surface area contributed by atoms with Gasteiger partial charge in [-0.25, -0.2) is 0 Å². The van der Waals surface area contributed by atoms with Gasteiger partial charge in [0, 0.05) is 12.6 Å². The number of fused-ring (bicyclic) bond motifs is 1. The molecule has 0 atom stereocenters. The Morgan fingerprint density at radius 3 is 2.80 bits per heavy atom. The van der Waals surface area contributed by atoms with E-state index in [9.17, 15) is 0 Å². The van der Waals surface area contributed by atoms with Gasteiger partial charge in [0.15, 0.2) is 11.5 Å². The lowest BCUT2D eigenvalue weighted by atomic mass is 10.2. The van der Waals surface area contributed by atoms with Crippen molar-refractivity contribution in [2.24, 2.45) is 0 Å². The zero-order chi connectivity index (χ0) is 13.8. The Morgan fingerprint density at radius 2 is 1.90 bits per heavy atom. The summed E-state index contributed by atoms with van der Waals surface area (Å²) in [6.07, 6.45) is 0. The van der Waals surface area contributed by atoms with Gasteiger partial charge in [0.05, 0.1) is 0 Å². The van der Waals surface area contributed by atoms with Crippen LogP contribution in [-0.2, 0) is 6.54 Å². The highest BCUT2D eigenvalue weighted by molar-refractivity contribution is 5.48. The van der Waals surface area contributed by atoms with Crippen LogP contribution in [0.25, 0.3) is 0 Å². The summed E-state index contributed by atoms with van der Waals surface area (Å²) in [6.45, 7) is 4.16. The van der Waals surface area contributed by atoms with Crippen molar-refractivity contribution in [1.29, 1.82) is 0 Å². The van der Waals surface area contributed by atoms with Crippen LogP contribution in [0, 0.1) is 0 Å². The summed E-state index contributed by atoms with van der Waals surface area (Å²) in [5.74, 6) is 3.05. The molecule has 1 aliphatic heterocycles. The molecule has 20 heavy (non-hydrogen) atoms. The van der Waals surface area contributed by atoms with E-state index in [1.54, 1.807) is 0 Å². The molecule has 1 heterocycles. The lowest BCUT2D eigenvalue weighted by Gasteiger charge is -2.08. The van der Waals surface area contributed by atoms with Crippen LogP contribution < -0.4 is 19.5 Å². The Labute approximate surface area is 118 Å². The van der Waals surface area contributed by atoms with Crippen LogP contribution in [0.2, 0.25) is 0 Å². The smallest absolute Gasteiger partial charge is 0.231 e. The van der Waals surface area contributed by atoms with Gasteiger partial charge in [-0.2, -0.15) is 0 Å². The maximum atomic E-state index is 5.86. The van der Waals surface area contributed by atoms with Gasteiger partial charge < -0.3 is 19.5 Å². The quantitative estimate of drug-likeness (QED) is 0.905. The van der Waals surface area contributed by atoms with E-state index in [-0.39, 0.29) is 6.79 Å². The Balaban J connectivity index is 1.74. The molecule has 0 fully saturated rings. The Hall–Kier alpha value is -2.20. The van der Waals surface area contributed by atoms with Crippen LogP contribution >= 0.6 is 0 Å². The van der Waals surface area contributed by atoms with E-state index in [2.05, 4.69) is 18.3 Å². The van der Waals surface area contributed by atoms with E-state index in [4.69, 9.17) is 14.2 Å². The van der Waals surface area contributed by atoms with Gasteiger partial charge in [-0.3, -0.25) is 0 Å². The van der Waals surface area contributed by atoms with Gasteiger partial charge in [0.25, 0.3) is 0 Å². The predicted octanol–water partition coefficient (Wildman–Crippen LogP) is 3.32. The van der Waals surface area contributed by atoms with Gasteiger partial charge in [-0.15, -0.1) is 0 Å². The second kappa shape index (κ2) is 5.84. The Bertz CT molecular complexity index is 598. The van der Waals surface area contributed by atoms with Crippen LogP contribution in [0.5, 0.6) is 23.0 Å². The number of hydrogen-bond acceptors (Lipinski definition) is 4. The second-order valence-electron chi connectivity index (χ2n) is 4.54.